The molecule has 24 nitrogen and oxygen atoms in total. The molecule has 3 saturated heterocycles. The van der Waals surface area contributed by atoms with Crippen molar-refractivity contribution in [3.05, 3.63) is 54.1 Å². The Hall–Kier alpha value is -5.64. The molecule has 3 aliphatic heterocycles. The van der Waals surface area contributed by atoms with Gasteiger partial charge in [-0.2, -0.15) is 0 Å². The summed E-state index contributed by atoms with van der Waals surface area (Å²) >= 11 is 0.713. The zero-order valence-electron chi connectivity index (χ0n) is 46.6. The maximum absolute atomic E-state index is 14.7. The summed E-state index contributed by atoms with van der Waals surface area (Å²) in [7, 11) is 0. The largest absolute Gasteiger partial charge is 0.508 e. The number of nitrogens with zero attached hydrogens (tertiary/aromatic N) is 2. The van der Waals surface area contributed by atoms with E-state index in [4.69, 9.17) is 5.73 Å². The normalized spacial score (nSPS) is 27.8. The molecule has 2 aromatic carbocycles. The molecule has 0 bridgehead atoms. The van der Waals surface area contributed by atoms with Gasteiger partial charge in [-0.05, 0) is 80.8 Å². The quantitative estimate of drug-likeness (QED) is 0.0669. The lowest BCUT2D eigenvalue weighted by Crippen LogP contribution is -2.64. The number of thioether (sulfide) groups is 1. The molecule has 25 heteroatoms. The molecule has 81 heavy (non-hydrogen) atoms. The van der Waals surface area contributed by atoms with Gasteiger partial charge in [0.15, 0.2) is 0 Å². The van der Waals surface area contributed by atoms with Crippen LogP contribution in [0.2, 0.25) is 0 Å². The summed E-state index contributed by atoms with van der Waals surface area (Å²) in [4.78, 5) is 103. The number of amides is 7. The number of phenols is 2. The third-order valence-corrected chi connectivity index (χ3v) is 16.7. The highest BCUT2D eigenvalue weighted by atomic mass is 32.2. The van der Waals surface area contributed by atoms with Crippen molar-refractivity contribution in [3.8, 4) is 11.5 Å². The van der Waals surface area contributed by atoms with Gasteiger partial charge in [0.1, 0.15) is 65.3 Å². The van der Waals surface area contributed by atoms with Crippen molar-refractivity contribution in [2.75, 3.05) is 19.6 Å². The summed E-state index contributed by atoms with van der Waals surface area (Å²) in [5.41, 5.74) is 5.71. The van der Waals surface area contributed by atoms with Crippen molar-refractivity contribution in [2.24, 2.45) is 17.6 Å². The molecule has 0 saturated carbocycles. The first-order valence-electron chi connectivity index (χ1n) is 28.3. The summed E-state index contributed by atoms with van der Waals surface area (Å²) in [6.45, 7) is 6.72. The van der Waals surface area contributed by atoms with Crippen molar-refractivity contribution < 1.29 is 79.5 Å². The SMILES string of the molecule is CCC(C)CC(C)CCCCCCCCC(=O)N[C@H]1C[C@@H](O)[C@@H](Sc2ccccc2O)NC(=O)[C@@H]2[C@@H](O)CCN2C(=O)[C@H]([C@H](O)CCN)NC(=O)[C@H]([C@H](O)[C@@H](O)c2ccc(O)cc2)NC(=O)[C@@H]2C[C@@H](O)CN2C(=O)[C@H]([C@@H](C)O)NC1=O. The first-order valence-corrected chi connectivity index (χ1v) is 29.2. The summed E-state index contributed by atoms with van der Waals surface area (Å²) in [5.74, 6) is -6.91. The number of unbranched alkanes of at least 4 members (excludes halogenated alkanes) is 5. The van der Waals surface area contributed by atoms with Crippen molar-refractivity contribution in [2.45, 2.75) is 207 Å². The van der Waals surface area contributed by atoms with Crippen LogP contribution in [0.25, 0.3) is 0 Å². The van der Waals surface area contributed by atoms with E-state index in [0.717, 1.165) is 55.2 Å². The first-order chi connectivity index (χ1) is 38.4. The van der Waals surface area contributed by atoms with Gasteiger partial charge in [-0.15, -0.1) is 0 Å². The molecule has 3 aliphatic rings. The predicted molar refractivity (Wildman–Crippen MR) is 297 cm³/mol. The number of hydrogen-bond acceptors (Lipinski definition) is 18. The second-order valence-corrected chi connectivity index (χ2v) is 23.2. The predicted octanol–water partition coefficient (Wildman–Crippen LogP) is -0.362. The van der Waals surface area contributed by atoms with Crippen LogP contribution in [0.5, 0.6) is 11.5 Å². The number of para-hydroxylation sites is 1. The summed E-state index contributed by atoms with van der Waals surface area (Å²) in [6.07, 6.45) is -5.95. The Labute approximate surface area is 477 Å². The molecule has 0 radical (unpaired) electrons. The van der Waals surface area contributed by atoms with Gasteiger partial charge in [0.2, 0.25) is 41.4 Å². The summed E-state index contributed by atoms with van der Waals surface area (Å²) in [6, 6.07) is -0.775. The highest BCUT2D eigenvalue weighted by Crippen LogP contribution is 2.34. The van der Waals surface area contributed by atoms with Gasteiger partial charge in [0, 0.05) is 32.4 Å². The maximum Gasteiger partial charge on any atom is 0.248 e. The number of benzene rings is 2. The van der Waals surface area contributed by atoms with Crippen LogP contribution >= 0.6 is 11.8 Å². The van der Waals surface area contributed by atoms with Crippen LogP contribution in [0.4, 0.5) is 0 Å². The molecule has 16 atom stereocenters. The molecule has 2 unspecified atom stereocenters. The van der Waals surface area contributed by atoms with E-state index in [1.54, 1.807) is 6.07 Å². The average molecular weight is 1160 g/mol. The fourth-order valence-electron chi connectivity index (χ4n) is 10.6. The Kier molecular flexibility index (Phi) is 25.9. The molecular weight excluding hydrogens is 1070 g/mol. The highest BCUT2D eigenvalue weighted by Gasteiger charge is 2.49. The molecule has 0 spiro atoms. The number of aliphatic hydroxyl groups is 7. The number of aliphatic hydroxyl groups excluding tert-OH is 7. The number of carbonyl (C=O) groups is 7. The molecule has 7 amide bonds. The van der Waals surface area contributed by atoms with Gasteiger partial charge < -0.3 is 88.1 Å². The Morgan fingerprint density at radius 1 is 0.716 bits per heavy atom. The van der Waals surface area contributed by atoms with Crippen molar-refractivity contribution in [1.29, 1.82) is 0 Å². The topological polar surface area (TPSA) is 394 Å². The minimum absolute atomic E-state index is 0.0523. The fourth-order valence-corrected chi connectivity index (χ4v) is 11.7. The van der Waals surface area contributed by atoms with Crippen molar-refractivity contribution in [3.63, 3.8) is 0 Å². The van der Waals surface area contributed by atoms with E-state index in [0.29, 0.717) is 36.4 Å². The van der Waals surface area contributed by atoms with Crippen LogP contribution in [0.1, 0.15) is 129 Å². The summed E-state index contributed by atoms with van der Waals surface area (Å²) < 4.78 is 0. The van der Waals surface area contributed by atoms with E-state index in [2.05, 4.69) is 47.4 Å². The van der Waals surface area contributed by atoms with Gasteiger partial charge in [-0.25, -0.2) is 0 Å². The third kappa shape index (κ3) is 18.7. The summed E-state index contributed by atoms with van der Waals surface area (Å²) in [5, 5.41) is 112. The highest BCUT2D eigenvalue weighted by molar-refractivity contribution is 8.00. The molecule has 16 N–H and O–H groups in total. The van der Waals surface area contributed by atoms with Crippen LogP contribution < -0.4 is 32.3 Å². The Bertz CT molecular complexity index is 2410. The number of phenolic OH excluding ortho intramolecular Hbond substituents is 2. The molecule has 2 aromatic rings. The molecule has 3 heterocycles. The van der Waals surface area contributed by atoms with Gasteiger partial charge in [0.25, 0.3) is 0 Å². The van der Waals surface area contributed by atoms with E-state index in [1.165, 1.54) is 48.9 Å². The number of nitrogens with one attached hydrogen (secondary N) is 5. The smallest absolute Gasteiger partial charge is 0.248 e. The number of aromatic hydroxyl groups is 2. The molecule has 452 valence electrons. The lowest BCUT2D eigenvalue weighted by atomic mass is 9.91. The molecule has 0 aromatic heterocycles. The minimum atomic E-state index is -2.30. The second kappa shape index (κ2) is 31.7. The van der Waals surface area contributed by atoms with Gasteiger partial charge in [-0.1, -0.05) is 102 Å². The van der Waals surface area contributed by atoms with Gasteiger partial charge in [0.05, 0.1) is 35.4 Å². The van der Waals surface area contributed by atoms with Gasteiger partial charge >= 0.3 is 0 Å². The number of rotatable bonds is 22. The van der Waals surface area contributed by atoms with Crippen molar-refractivity contribution in [1.82, 2.24) is 36.4 Å². The maximum atomic E-state index is 14.7. The number of carbonyl (C=O) groups excluding carboxylic acids is 7. The Morgan fingerprint density at radius 2 is 1.35 bits per heavy atom. The third-order valence-electron chi connectivity index (χ3n) is 15.5. The number of fused-ring (bicyclic) bond motifs is 2. The minimum Gasteiger partial charge on any atom is -0.508 e. The van der Waals surface area contributed by atoms with E-state index in [9.17, 15) is 79.5 Å². The zero-order chi connectivity index (χ0) is 59.7. The van der Waals surface area contributed by atoms with E-state index < -0.39 is 145 Å². The van der Waals surface area contributed by atoms with Crippen LogP contribution in [-0.2, 0) is 33.6 Å². The lowest BCUT2D eigenvalue weighted by molar-refractivity contribution is -0.148. The van der Waals surface area contributed by atoms with Crippen molar-refractivity contribution >= 4 is 53.1 Å². The Balaban J connectivity index is 1.54. The van der Waals surface area contributed by atoms with Gasteiger partial charge in [-0.3, -0.25) is 33.6 Å². The molecule has 3 fully saturated rings. The molecular formula is C56H86N8O16S. The van der Waals surface area contributed by atoms with Crippen LogP contribution in [0, 0.1) is 11.8 Å². The van der Waals surface area contributed by atoms with E-state index >= 15 is 0 Å². The first kappa shape index (κ1) is 66.2. The number of nitrogens with two attached hydrogens (primary N) is 1. The lowest BCUT2D eigenvalue weighted by Gasteiger charge is -2.35. The monoisotopic (exact) mass is 1160 g/mol. The van der Waals surface area contributed by atoms with Crippen LogP contribution in [0.3, 0.4) is 0 Å². The van der Waals surface area contributed by atoms with E-state index in [-0.39, 0.29) is 54.3 Å². The molecule has 0 aliphatic carbocycles. The van der Waals surface area contributed by atoms with Crippen LogP contribution in [-0.4, -0.2) is 195 Å². The van der Waals surface area contributed by atoms with Crippen LogP contribution in [0.15, 0.2) is 53.4 Å². The zero-order valence-corrected chi connectivity index (χ0v) is 47.5. The Morgan fingerprint density at radius 3 is 2.00 bits per heavy atom. The van der Waals surface area contributed by atoms with E-state index in [1.807, 2.05) is 0 Å². The fraction of sp³-hybridized carbons (Fsp3) is 0.661. The average Bonchev–Trinajstić information content (AvgIpc) is 4.05. The molecule has 5 rings (SSSR count). The standard InChI is InChI=1S/C56H86N8O16S/c1-5-30(2)26-31(3)14-10-8-6-7-9-11-17-43(72)58-36-28-41(71)54(81-42-16-13-12-15-38(42)68)62-53(78)47-40(70)23-25-63(47)56(80)45(39(69)22-24-57)60-52(77)46(49(74)48(73)33-18-20-34(66)21-19-33)61-51(76)37-27-35(67)29-64(37)55(79)44(32(4)65)59-50(36)75/h12-13,15-16,18-21,30-32,35-37,39-41,44-49,54,65-71,73-74H,5-11,14,17,22-29,57H2,1-4H3,(H,58,72)(H,59,75)(H,60,77)(H,61,76)(H,62,78)/t30?,31?,32-,35-,36+,37+,39-,40+,41-,44+,45+,46+,47+,48+,49+,54-/m1/s1. The number of hydrogen-bond donors (Lipinski definition) is 15. The second-order valence-electron chi connectivity index (χ2n) is 22.1.